The van der Waals surface area contributed by atoms with Crippen LogP contribution in [-0.2, 0) is 22.4 Å². The molecule has 0 saturated heterocycles. The minimum absolute atomic E-state index is 0.113. The van der Waals surface area contributed by atoms with Crippen molar-refractivity contribution < 1.29 is 18.7 Å². The third kappa shape index (κ3) is 6.14. The number of carbonyl (C=O) groups is 2. The van der Waals surface area contributed by atoms with Crippen LogP contribution in [0.15, 0.2) is 73.1 Å². The summed E-state index contributed by atoms with van der Waals surface area (Å²) in [5, 5.41) is 2.67. The predicted molar refractivity (Wildman–Crippen MR) is 106 cm³/mol. The van der Waals surface area contributed by atoms with E-state index in [1.165, 1.54) is 24.3 Å². The number of benzene rings is 2. The van der Waals surface area contributed by atoms with Crippen LogP contribution in [0.2, 0.25) is 0 Å². The lowest BCUT2D eigenvalue weighted by molar-refractivity contribution is -0.127. The fraction of sp³-hybridized carbons (Fsp3) is 0.136. The van der Waals surface area contributed by atoms with E-state index < -0.39 is 11.9 Å². The summed E-state index contributed by atoms with van der Waals surface area (Å²) in [6.45, 7) is 0. The van der Waals surface area contributed by atoms with Gasteiger partial charge in [0.1, 0.15) is 23.4 Å². The number of aromatic nitrogens is 1. The van der Waals surface area contributed by atoms with Gasteiger partial charge >= 0.3 is 0 Å². The van der Waals surface area contributed by atoms with Gasteiger partial charge in [0.2, 0.25) is 11.8 Å². The summed E-state index contributed by atoms with van der Waals surface area (Å²) in [6, 6.07) is 15.4. The molecule has 3 rings (SSSR count). The van der Waals surface area contributed by atoms with Crippen molar-refractivity contribution in [1.82, 2.24) is 10.3 Å². The van der Waals surface area contributed by atoms with E-state index in [-0.39, 0.29) is 24.6 Å². The molecule has 1 aromatic heterocycles. The molecule has 0 aliphatic rings. The Hall–Kier alpha value is -3.74. The molecule has 3 aromatic rings. The molecule has 0 radical (unpaired) electrons. The average Bonchev–Trinajstić information content (AvgIpc) is 2.71. The van der Waals surface area contributed by atoms with Crippen LogP contribution in [0, 0.1) is 5.82 Å². The second-order valence-corrected chi connectivity index (χ2v) is 6.46. The van der Waals surface area contributed by atoms with Crippen LogP contribution in [0.3, 0.4) is 0 Å². The molecule has 1 unspecified atom stereocenters. The summed E-state index contributed by atoms with van der Waals surface area (Å²) in [5.41, 5.74) is 7.00. The standard InChI is InChI=1S/C22H20FN3O3/c23-17-5-9-19(10-6-17)29-18-7-3-15(4-8-18)12-20(22(24)28)26-21(27)13-16-2-1-11-25-14-16/h1-11,14,20H,12-13H2,(H2,24,28)(H,26,27). The molecule has 29 heavy (non-hydrogen) atoms. The van der Waals surface area contributed by atoms with Gasteiger partial charge in [0.05, 0.1) is 6.42 Å². The van der Waals surface area contributed by atoms with E-state index in [4.69, 9.17) is 10.5 Å². The highest BCUT2D eigenvalue weighted by Gasteiger charge is 2.19. The molecule has 0 spiro atoms. The first-order chi connectivity index (χ1) is 14.0. The van der Waals surface area contributed by atoms with Crippen molar-refractivity contribution in [2.75, 3.05) is 0 Å². The van der Waals surface area contributed by atoms with E-state index in [1.807, 2.05) is 0 Å². The molecule has 0 fully saturated rings. The highest BCUT2D eigenvalue weighted by molar-refractivity contribution is 5.87. The Balaban J connectivity index is 1.59. The van der Waals surface area contributed by atoms with Gasteiger partial charge in [0.15, 0.2) is 0 Å². The van der Waals surface area contributed by atoms with Gasteiger partial charge in [-0.25, -0.2) is 4.39 Å². The molecular weight excluding hydrogens is 373 g/mol. The molecular formula is C22H20FN3O3. The summed E-state index contributed by atoms with van der Waals surface area (Å²) in [4.78, 5) is 27.9. The van der Waals surface area contributed by atoms with Crippen LogP contribution < -0.4 is 15.8 Å². The number of hydrogen-bond acceptors (Lipinski definition) is 4. The number of nitrogens with two attached hydrogens (primary N) is 1. The monoisotopic (exact) mass is 393 g/mol. The summed E-state index contributed by atoms with van der Waals surface area (Å²) < 4.78 is 18.6. The van der Waals surface area contributed by atoms with E-state index in [0.717, 1.165) is 11.1 Å². The molecule has 0 saturated carbocycles. The second-order valence-electron chi connectivity index (χ2n) is 6.46. The van der Waals surface area contributed by atoms with Crippen molar-refractivity contribution in [3.05, 3.63) is 90.0 Å². The molecule has 0 aliphatic carbocycles. The van der Waals surface area contributed by atoms with Crippen LogP contribution in [0.5, 0.6) is 11.5 Å². The molecule has 2 amide bonds. The summed E-state index contributed by atoms with van der Waals surface area (Å²) in [5.74, 6) is -0.182. The Kier molecular flexibility index (Phi) is 6.52. The number of amides is 2. The SMILES string of the molecule is NC(=O)C(Cc1ccc(Oc2ccc(F)cc2)cc1)NC(=O)Cc1cccnc1. The zero-order valence-corrected chi connectivity index (χ0v) is 15.5. The van der Waals surface area contributed by atoms with Gasteiger partial charge in [-0.1, -0.05) is 18.2 Å². The zero-order valence-electron chi connectivity index (χ0n) is 15.5. The maximum atomic E-state index is 13.0. The van der Waals surface area contributed by atoms with Crippen LogP contribution in [-0.4, -0.2) is 22.8 Å². The fourth-order valence-electron chi connectivity index (χ4n) is 2.72. The van der Waals surface area contributed by atoms with Crippen LogP contribution >= 0.6 is 0 Å². The number of carbonyl (C=O) groups excluding carboxylic acids is 2. The Labute approximate surface area is 167 Å². The third-order valence-electron chi connectivity index (χ3n) is 4.18. The fourth-order valence-corrected chi connectivity index (χ4v) is 2.72. The average molecular weight is 393 g/mol. The normalized spacial score (nSPS) is 11.5. The number of pyridine rings is 1. The quantitative estimate of drug-likeness (QED) is 0.615. The Morgan fingerprint density at radius 3 is 2.24 bits per heavy atom. The summed E-state index contributed by atoms with van der Waals surface area (Å²) in [7, 11) is 0. The number of halogens is 1. The maximum Gasteiger partial charge on any atom is 0.240 e. The van der Waals surface area contributed by atoms with Crippen molar-refractivity contribution in [2.45, 2.75) is 18.9 Å². The number of nitrogens with zero attached hydrogens (tertiary/aromatic N) is 1. The smallest absolute Gasteiger partial charge is 0.240 e. The molecule has 3 N–H and O–H groups in total. The molecule has 0 bridgehead atoms. The van der Waals surface area contributed by atoms with Crippen molar-refractivity contribution in [1.29, 1.82) is 0 Å². The van der Waals surface area contributed by atoms with Crippen molar-refractivity contribution in [2.24, 2.45) is 5.73 Å². The highest BCUT2D eigenvalue weighted by Crippen LogP contribution is 2.22. The van der Waals surface area contributed by atoms with E-state index >= 15 is 0 Å². The summed E-state index contributed by atoms with van der Waals surface area (Å²) >= 11 is 0. The Morgan fingerprint density at radius 2 is 1.66 bits per heavy atom. The van der Waals surface area contributed by atoms with Crippen LogP contribution in [0.4, 0.5) is 4.39 Å². The number of rotatable bonds is 8. The lowest BCUT2D eigenvalue weighted by atomic mass is 10.0. The van der Waals surface area contributed by atoms with Crippen molar-refractivity contribution in [3.63, 3.8) is 0 Å². The van der Waals surface area contributed by atoms with Gasteiger partial charge in [-0.3, -0.25) is 14.6 Å². The largest absolute Gasteiger partial charge is 0.457 e. The molecule has 6 nitrogen and oxygen atoms in total. The van der Waals surface area contributed by atoms with E-state index in [2.05, 4.69) is 10.3 Å². The highest BCUT2D eigenvalue weighted by atomic mass is 19.1. The Morgan fingerprint density at radius 1 is 1.00 bits per heavy atom. The first kappa shape index (κ1) is 20.0. The molecule has 148 valence electrons. The van der Waals surface area contributed by atoms with Gasteiger partial charge in [0, 0.05) is 18.8 Å². The van der Waals surface area contributed by atoms with Crippen LogP contribution in [0.25, 0.3) is 0 Å². The van der Waals surface area contributed by atoms with Crippen LogP contribution in [0.1, 0.15) is 11.1 Å². The number of primary amides is 1. The maximum absolute atomic E-state index is 13.0. The second kappa shape index (κ2) is 9.45. The predicted octanol–water partition coefficient (Wildman–Crippen LogP) is 2.77. The number of hydrogen-bond donors (Lipinski definition) is 2. The molecule has 1 atom stereocenters. The Bertz CT molecular complexity index is 961. The minimum atomic E-state index is -0.831. The van der Waals surface area contributed by atoms with Gasteiger partial charge in [-0.2, -0.15) is 0 Å². The lowest BCUT2D eigenvalue weighted by Crippen LogP contribution is -2.46. The topological polar surface area (TPSA) is 94.3 Å². The minimum Gasteiger partial charge on any atom is -0.457 e. The zero-order chi connectivity index (χ0) is 20.6. The van der Waals surface area contributed by atoms with Gasteiger partial charge in [0.25, 0.3) is 0 Å². The van der Waals surface area contributed by atoms with Gasteiger partial charge in [-0.05, 0) is 53.6 Å². The number of ether oxygens (including phenoxy) is 1. The molecule has 2 aromatic carbocycles. The summed E-state index contributed by atoms with van der Waals surface area (Å²) in [6.07, 6.45) is 3.59. The lowest BCUT2D eigenvalue weighted by Gasteiger charge is -2.16. The third-order valence-corrected chi connectivity index (χ3v) is 4.18. The first-order valence-electron chi connectivity index (χ1n) is 8.99. The van der Waals surface area contributed by atoms with Gasteiger partial charge < -0.3 is 15.8 Å². The van der Waals surface area contributed by atoms with E-state index in [1.54, 1.807) is 48.8 Å². The van der Waals surface area contributed by atoms with E-state index in [0.29, 0.717) is 11.5 Å². The van der Waals surface area contributed by atoms with Crippen molar-refractivity contribution in [3.8, 4) is 11.5 Å². The van der Waals surface area contributed by atoms with Gasteiger partial charge in [-0.15, -0.1) is 0 Å². The van der Waals surface area contributed by atoms with Crippen molar-refractivity contribution >= 4 is 11.8 Å². The van der Waals surface area contributed by atoms with E-state index in [9.17, 15) is 14.0 Å². The number of nitrogens with one attached hydrogen (secondary N) is 1. The molecule has 0 aliphatic heterocycles. The molecule has 1 heterocycles. The first-order valence-corrected chi connectivity index (χ1v) is 8.99. The molecule has 7 heteroatoms.